The molecule has 2 aliphatic carbocycles. The molecule has 1 amide bonds. The van der Waals surface area contributed by atoms with Crippen molar-refractivity contribution in [1.82, 2.24) is 9.21 Å². The van der Waals surface area contributed by atoms with Crippen molar-refractivity contribution in [2.75, 3.05) is 13.6 Å². The molecule has 0 unspecified atom stereocenters. The molecule has 0 bridgehead atoms. The second-order valence-electron chi connectivity index (χ2n) is 9.78. The first-order valence-electron chi connectivity index (χ1n) is 12.1. The minimum Gasteiger partial charge on any atom is -0.341 e. The van der Waals surface area contributed by atoms with Crippen LogP contribution in [-0.2, 0) is 14.8 Å². The first-order chi connectivity index (χ1) is 15.6. The molecule has 1 aromatic rings. The average Bonchev–Trinajstić information content (AvgIpc) is 3.29. The number of alkyl halides is 2. The monoisotopic (exact) mass is 480 g/mol. The number of hydrogen-bond acceptors (Lipinski definition) is 3. The number of benzene rings is 1. The smallest absolute Gasteiger partial charge is 0.248 e. The van der Waals surface area contributed by atoms with Crippen molar-refractivity contribution in [3.05, 3.63) is 35.4 Å². The van der Waals surface area contributed by atoms with Gasteiger partial charge in [0.25, 0.3) is 0 Å². The van der Waals surface area contributed by atoms with Crippen molar-refractivity contribution in [3.63, 3.8) is 0 Å². The Balaban J connectivity index is 1.59. The number of carbonyl (C=O) groups excluding carboxylic acids is 1. The second-order valence-corrected chi connectivity index (χ2v) is 11.6. The lowest BCUT2D eigenvalue weighted by Crippen LogP contribution is -2.50. The third kappa shape index (κ3) is 5.02. The van der Waals surface area contributed by atoms with Crippen molar-refractivity contribution in [1.29, 1.82) is 0 Å². The molecule has 8 heteroatoms. The fourth-order valence-corrected chi connectivity index (χ4v) is 7.29. The average molecular weight is 481 g/mol. The van der Waals surface area contributed by atoms with Crippen molar-refractivity contribution in [2.24, 2.45) is 0 Å². The molecular weight excluding hydrogens is 446 g/mol. The summed E-state index contributed by atoms with van der Waals surface area (Å²) in [5, 5.41) is 0. The fraction of sp³-hybridized carbons (Fsp3) is 0.640. The Labute approximate surface area is 195 Å². The van der Waals surface area contributed by atoms with Gasteiger partial charge in [-0.2, -0.15) is 4.31 Å². The van der Waals surface area contributed by atoms with Gasteiger partial charge in [0.05, 0.1) is 4.90 Å². The van der Waals surface area contributed by atoms with Gasteiger partial charge in [-0.1, -0.05) is 23.8 Å². The quantitative estimate of drug-likeness (QED) is 0.586. The lowest BCUT2D eigenvalue weighted by molar-refractivity contribution is -0.138. The van der Waals surface area contributed by atoms with E-state index >= 15 is 0 Å². The number of aryl methyl sites for hydroxylation is 1. The van der Waals surface area contributed by atoms with Crippen molar-refractivity contribution < 1.29 is 22.0 Å². The maximum Gasteiger partial charge on any atom is 0.248 e. The van der Waals surface area contributed by atoms with Crippen LogP contribution in [0.1, 0.15) is 75.3 Å². The van der Waals surface area contributed by atoms with Gasteiger partial charge in [0.1, 0.15) is 6.04 Å². The van der Waals surface area contributed by atoms with E-state index in [4.69, 9.17) is 0 Å². The number of sulfonamides is 1. The van der Waals surface area contributed by atoms with Crippen LogP contribution in [0.25, 0.3) is 5.57 Å². The highest BCUT2D eigenvalue weighted by Crippen LogP contribution is 2.37. The zero-order valence-electron chi connectivity index (χ0n) is 19.5. The van der Waals surface area contributed by atoms with Gasteiger partial charge >= 0.3 is 0 Å². The third-order valence-corrected chi connectivity index (χ3v) is 9.40. The van der Waals surface area contributed by atoms with Gasteiger partial charge in [0.15, 0.2) is 0 Å². The van der Waals surface area contributed by atoms with Crippen LogP contribution in [0.15, 0.2) is 29.2 Å². The molecule has 1 heterocycles. The molecule has 4 rings (SSSR count). The SMILES string of the molecule is Cc1ccc(S(=O)(=O)N2CCC[C@H]2C(=O)N(C)C2CCC(F)(F)CC2)c(C2=CCCCC2)c1. The highest BCUT2D eigenvalue weighted by atomic mass is 32.2. The van der Waals surface area contributed by atoms with Crippen LogP contribution in [0.4, 0.5) is 8.78 Å². The van der Waals surface area contributed by atoms with E-state index in [-0.39, 0.29) is 42.5 Å². The fourth-order valence-electron chi connectivity index (χ4n) is 5.43. The normalized spacial score (nSPS) is 24.5. The molecule has 3 aliphatic rings. The van der Waals surface area contributed by atoms with Gasteiger partial charge in [-0.15, -0.1) is 0 Å². The van der Waals surface area contributed by atoms with E-state index in [9.17, 15) is 22.0 Å². The minimum absolute atomic E-state index is 0.232. The van der Waals surface area contributed by atoms with E-state index in [0.717, 1.165) is 42.4 Å². The van der Waals surface area contributed by atoms with Gasteiger partial charge in [0, 0.05) is 32.5 Å². The number of allylic oxidation sites excluding steroid dienone is 2. The summed E-state index contributed by atoms with van der Waals surface area (Å²) in [6.07, 6.45) is 7.16. The second kappa shape index (κ2) is 9.45. The van der Waals surface area contributed by atoms with E-state index in [2.05, 4.69) is 6.08 Å². The highest BCUT2D eigenvalue weighted by Gasteiger charge is 2.44. The van der Waals surface area contributed by atoms with Gasteiger partial charge in [-0.05, 0) is 75.5 Å². The topological polar surface area (TPSA) is 57.7 Å². The Morgan fingerprint density at radius 2 is 1.85 bits per heavy atom. The van der Waals surface area contributed by atoms with Crippen LogP contribution in [0, 0.1) is 6.92 Å². The Bertz CT molecular complexity index is 1030. The molecule has 5 nitrogen and oxygen atoms in total. The Morgan fingerprint density at radius 3 is 2.52 bits per heavy atom. The Morgan fingerprint density at radius 1 is 1.12 bits per heavy atom. The van der Waals surface area contributed by atoms with Crippen molar-refractivity contribution in [2.45, 2.75) is 94.0 Å². The van der Waals surface area contributed by atoms with Gasteiger partial charge < -0.3 is 4.90 Å². The molecule has 0 N–H and O–H groups in total. The molecule has 0 radical (unpaired) electrons. The molecule has 33 heavy (non-hydrogen) atoms. The van der Waals surface area contributed by atoms with Crippen LogP contribution in [0.2, 0.25) is 0 Å². The summed E-state index contributed by atoms with van der Waals surface area (Å²) in [4.78, 5) is 15.1. The van der Waals surface area contributed by atoms with E-state index in [1.54, 1.807) is 19.2 Å². The van der Waals surface area contributed by atoms with E-state index in [1.165, 1.54) is 9.21 Å². The summed E-state index contributed by atoms with van der Waals surface area (Å²) < 4.78 is 56.2. The molecule has 1 saturated heterocycles. The summed E-state index contributed by atoms with van der Waals surface area (Å²) in [6, 6.07) is 4.36. The van der Waals surface area contributed by atoms with Crippen LogP contribution in [-0.4, -0.2) is 55.1 Å². The molecule has 1 atom stereocenters. The molecular formula is C25H34F2N2O3S. The highest BCUT2D eigenvalue weighted by molar-refractivity contribution is 7.89. The van der Waals surface area contributed by atoms with Gasteiger partial charge in [-0.3, -0.25) is 4.79 Å². The zero-order chi connectivity index (χ0) is 23.8. The predicted octanol–water partition coefficient (Wildman–Crippen LogP) is 5.14. The van der Waals surface area contributed by atoms with E-state index < -0.39 is 22.0 Å². The molecule has 1 saturated carbocycles. The molecule has 1 aliphatic heterocycles. The summed E-state index contributed by atoms with van der Waals surface area (Å²) in [6.45, 7) is 2.25. The summed E-state index contributed by atoms with van der Waals surface area (Å²) in [7, 11) is -2.26. The van der Waals surface area contributed by atoms with Crippen LogP contribution in [0.5, 0.6) is 0 Å². The van der Waals surface area contributed by atoms with Crippen molar-refractivity contribution >= 4 is 21.5 Å². The number of likely N-dealkylation sites (N-methyl/N-ethyl adjacent to an activating group) is 1. The Hall–Kier alpha value is -1.80. The van der Waals surface area contributed by atoms with Crippen LogP contribution >= 0.6 is 0 Å². The number of halogens is 2. The van der Waals surface area contributed by atoms with Crippen molar-refractivity contribution in [3.8, 4) is 0 Å². The third-order valence-electron chi connectivity index (χ3n) is 7.43. The molecule has 1 aromatic carbocycles. The van der Waals surface area contributed by atoms with E-state index in [0.29, 0.717) is 19.4 Å². The van der Waals surface area contributed by atoms with Crippen LogP contribution in [0.3, 0.4) is 0 Å². The number of rotatable bonds is 5. The summed E-state index contributed by atoms with van der Waals surface area (Å²) >= 11 is 0. The molecule has 2 fully saturated rings. The first-order valence-corrected chi connectivity index (χ1v) is 13.5. The van der Waals surface area contributed by atoms with Crippen LogP contribution < -0.4 is 0 Å². The maximum atomic E-state index is 13.8. The minimum atomic E-state index is -3.89. The van der Waals surface area contributed by atoms with Gasteiger partial charge in [-0.25, -0.2) is 17.2 Å². The standard InChI is InChI=1S/C25H34F2N2O3S/c1-18-10-11-23(21(17-18)19-7-4-3-5-8-19)33(31,32)29-16-6-9-22(29)24(30)28(2)20-12-14-25(26,27)15-13-20/h7,10-11,17,20,22H,3-6,8-9,12-16H2,1-2H3/t22-/m0/s1. The summed E-state index contributed by atoms with van der Waals surface area (Å²) in [5.74, 6) is -2.95. The number of carbonyl (C=O) groups is 1. The zero-order valence-corrected chi connectivity index (χ0v) is 20.3. The first kappa shape index (κ1) is 24.3. The summed E-state index contributed by atoms with van der Waals surface area (Å²) in [5.41, 5.74) is 2.81. The largest absolute Gasteiger partial charge is 0.341 e. The Kier molecular flexibility index (Phi) is 6.97. The maximum absolute atomic E-state index is 13.8. The lowest BCUT2D eigenvalue weighted by Gasteiger charge is -2.37. The predicted molar refractivity (Wildman–Crippen MR) is 125 cm³/mol. The number of nitrogens with zero attached hydrogens (tertiary/aromatic N) is 2. The van der Waals surface area contributed by atoms with Gasteiger partial charge in [0.2, 0.25) is 21.9 Å². The number of hydrogen-bond donors (Lipinski definition) is 0. The lowest BCUT2D eigenvalue weighted by atomic mass is 9.91. The molecule has 0 spiro atoms. The number of amides is 1. The molecule has 182 valence electrons. The van der Waals surface area contributed by atoms with E-state index in [1.807, 2.05) is 13.0 Å². The molecule has 0 aromatic heterocycles.